The Hall–Kier alpha value is -0.380. The fourth-order valence-electron chi connectivity index (χ4n) is 1.74. The highest BCUT2D eigenvalue weighted by Gasteiger charge is 2.34. The normalized spacial score (nSPS) is 21.6. The lowest BCUT2D eigenvalue weighted by Crippen LogP contribution is -2.46. The maximum absolute atomic E-state index is 9.90. The summed E-state index contributed by atoms with van der Waals surface area (Å²) in [4.78, 5) is 1.34. The Morgan fingerprint density at radius 1 is 1.64 bits per heavy atom. The van der Waals surface area contributed by atoms with E-state index >= 15 is 0 Å². The molecule has 1 heterocycles. The smallest absolute Gasteiger partial charge is 0.0771 e. The fraction of sp³-hybridized carbons (Fsp3) is 0.636. The van der Waals surface area contributed by atoms with Crippen molar-refractivity contribution >= 4 is 11.3 Å². The largest absolute Gasteiger partial charge is 0.389 e. The Morgan fingerprint density at radius 3 is 2.93 bits per heavy atom. The Kier molecular flexibility index (Phi) is 2.91. The van der Waals surface area contributed by atoms with Gasteiger partial charge in [0.15, 0.2) is 0 Å². The van der Waals surface area contributed by atoms with Crippen LogP contribution in [0, 0.1) is 0 Å². The van der Waals surface area contributed by atoms with Gasteiger partial charge in [-0.2, -0.15) is 0 Å². The van der Waals surface area contributed by atoms with Gasteiger partial charge in [-0.05, 0) is 37.6 Å². The van der Waals surface area contributed by atoms with E-state index in [2.05, 4.69) is 29.8 Å². The molecule has 1 aliphatic rings. The summed E-state index contributed by atoms with van der Waals surface area (Å²) in [6, 6.07) is 4.56. The molecule has 0 aliphatic heterocycles. The van der Waals surface area contributed by atoms with Crippen molar-refractivity contribution < 1.29 is 5.11 Å². The predicted octanol–water partition coefficient (Wildman–Crippen LogP) is 2.31. The zero-order valence-electron chi connectivity index (χ0n) is 8.49. The Balaban J connectivity index is 1.80. The SMILES string of the molecule is CC(NCC1(O)CCC1)c1cccs1. The van der Waals surface area contributed by atoms with Crippen LogP contribution in [-0.4, -0.2) is 17.3 Å². The molecule has 1 aliphatic carbocycles. The standard InChI is InChI=1S/C11H17NOS/c1-9(10-4-2-7-14-10)12-8-11(13)5-3-6-11/h2,4,7,9,12-13H,3,5-6,8H2,1H3. The fourth-order valence-corrected chi connectivity index (χ4v) is 2.50. The topological polar surface area (TPSA) is 32.3 Å². The van der Waals surface area contributed by atoms with E-state index < -0.39 is 5.60 Å². The summed E-state index contributed by atoms with van der Waals surface area (Å²) in [5.41, 5.74) is -0.411. The Morgan fingerprint density at radius 2 is 2.43 bits per heavy atom. The molecule has 78 valence electrons. The monoisotopic (exact) mass is 211 g/mol. The van der Waals surface area contributed by atoms with Crippen LogP contribution in [-0.2, 0) is 0 Å². The molecule has 2 nitrogen and oxygen atoms in total. The number of hydrogen-bond acceptors (Lipinski definition) is 3. The molecular weight excluding hydrogens is 194 g/mol. The summed E-state index contributed by atoms with van der Waals surface area (Å²) in [6.45, 7) is 2.87. The van der Waals surface area contributed by atoms with Gasteiger partial charge in [0.2, 0.25) is 0 Å². The van der Waals surface area contributed by atoms with Crippen LogP contribution >= 0.6 is 11.3 Å². The summed E-state index contributed by atoms with van der Waals surface area (Å²) in [6.07, 6.45) is 3.08. The maximum Gasteiger partial charge on any atom is 0.0771 e. The van der Waals surface area contributed by atoms with Crippen LogP contribution < -0.4 is 5.32 Å². The Bertz CT molecular complexity index is 279. The van der Waals surface area contributed by atoms with Gasteiger partial charge in [-0.3, -0.25) is 0 Å². The first-order chi connectivity index (χ1) is 6.70. The van der Waals surface area contributed by atoms with Crippen molar-refractivity contribution in [3.05, 3.63) is 22.4 Å². The molecule has 0 saturated heterocycles. The molecule has 1 atom stereocenters. The zero-order chi connectivity index (χ0) is 10.0. The molecule has 1 aromatic rings. The third-order valence-corrected chi connectivity index (χ3v) is 4.05. The van der Waals surface area contributed by atoms with Gasteiger partial charge in [0, 0.05) is 17.5 Å². The van der Waals surface area contributed by atoms with Crippen LogP contribution in [0.2, 0.25) is 0 Å². The molecule has 0 radical (unpaired) electrons. The minimum absolute atomic E-state index is 0.361. The van der Waals surface area contributed by atoms with Crippen LogP contribution in [0.3, 0.4) is 0 Å². The molecule has 0 aromatic carbocycles. The lowest BCUT2D eigenvalue weighted by Gasteiger charge is -2.37. The van der Waals surface area contributed by atoms with Gasteiger partial charge in [0.25, 0.3) is 0 Å². The summed E-state index contributed by atoms with van der Waals surface area (Å²) in [5.74, 6) is 0. The number of nitrogens with one attached hydrogen (secondary N) is 1. The highest BCUT2D eigenvalue weighted by atomic mass is 32.1. The third kappa shape index (κ3) is 2.16. The van der Waals surface area contributed by atoms with Crippen LogP contribution in [0.15, 0.2) is 17.5 Å². The second kappa shape index (κ2) is 4.01. The van der Waals surface area contributed by atoms with E-state index in [1.807, 2.05) is 0 Å². The predicted molar refractivity (Wildman–Crippen MR) is 59.5 cm³/mol. The van der Waals surface area contributed by atoms with Crippen LogP contribution in [0.1, 0.15) is 37.1 Å². The highest BCUT2D eigenvalue weighted by molar-refractivity contribution is 7.10. The molecule has 3 heteroatoms. The van der Waals surface area contributed by atoms with Crippen molar-refractivity contribution in [2.75, 3.05) is 6.54 Å². The minimum atomic E-state index is -0.411. The second-order valence-electron chi connectivity index (χ2n) is 4.20. The van der Waals surface area contributed by atoms with Gasteiger partial charge in [-0.15, -0.1) is 11.3 Å². The summed E-state index contributed by atoms with van der Waals surface area (Å²) in [5, 5.41) is 15.4. The highest BCUT2D eigenvalue weighted by Crippen LogP contribution is 2.31. The molecule has 0 spiro atoms. The van der Waals surface area contributed by atoms with E-state index in [-0.39, 0.29) is 0 Å². The van der Waals surface area contributed by atoms with Gasteiger partial charge in [0.1, 0.15) is 0 Å². The Labute approximate surface area is 89.0 Å². The van der Waals surface area contributed by atoms with E-state index in [1.54, 1.807) is 11.3 Å². The van der Waals surface area contributed by atoms with E-state index in [0.29, 0.717) is 6.04 Å². The minimum Gasteiger partial charge on any atom is -0.389 e. The first kappa shape index (κ1) is 10.1. The number of rotatable bonds is 4. The molecule has 0 amide bonds. The van der Waals surface area contributed by atoms with Crippen LogP contribution in [0.5, 0.6) is 0 Å². The molecule has 2 N–H and O–H groups in total. The van der Waals surface area contributed by atoms with Crippen molar-refractivity contribution in [2.24, 2.45) is 0 Å². The molecule has 2 rings (SSSR count). The van der Waals surface area contributed by atoms with Crippen molar-refractivity contribution in [2.45, 2.75) is 37.8 Å². The van der Waals surface area contributed by atoms with Crippen molar-refractivity contribution in [1.82, 2.24) is 5.32 Å². The van der Waals surface area contributed by atoms with Gasteiger partial charge in [-0.25, -0.2) is 0 Å². The third-order valence-electron chi connectivity index (χ3n) is 2.99. The van der Waals surface area contributed by atoms with Crippen LogP contribution in [0.25, 0.3) is 0 Å². The lowest BCUT2D eigenvalue weighted by atomic mass is 9.80. The molecule has 1 fully saturated rings. The first-order valence-corrected chi connectivity index (χ1v) is 6.07. The van der Waals surface area contributed by atoms with Crippen molar-refractivity contribution in [3.8, 4) is 0 Å². The van der Waals surface area contributed by atoms with Crippen molar-refractivity contribution in [3.63, 3.8) is 0 Å². The molecule has 1 unspecified atom stereocenters. The number of aliphatic hydroxyl groups is 1. The quantitative estimate of drug-likeness (QED) is 0.801. The summed E-state index contributed by atoms with van der Waals surface area (Å²) < 4.78 is 0. The van der Waals surface area contributed by atoms with Gasteiger partial charge < -0.3 is 10.4 Å². The molecular formula is C11H17NOS. The molecule has 1 saturated carbocycles. The molecule has 1 aromatic heterocycles. The van der Waals surface area contributed by atoms with E-state index in [4.69, 9.17) is 0 Å². The van der Waals surface area contributed by atoms with E-state index in [1.165, 1.54) is 11.3 Å². The first-order valence-electron chi connectivity index (χ1n) is 5.19. The average Bonchev–Trinajstić information content (AvgIpc) is 2.63. The maximum atomic E-state index is 9.90. The van der Waals surface area contributed by atoms with Crippen molar-refractivity contribution in [1.29, 1.82) is 0 Å². The van der Waals surface area contributed by atoms with Gasteiger partial charge >= 0.3 is 0 Å². The number of hydrogen-bond donors (Lipinski definition) is 2. The van der Waals surface area contributed by atoms with Crippen LogP contribution in [0.4, 0.5) is 0 Å². The van der Waals surface area contributed by atoms with Gasteiger partial charge in [-0.1, -0.05) is 6.07 Å². The van der Waals surface area contributed by atoms with E-state index in [9.17, 15) is 5.11 Å². The summed E-state index contributed by atoms with van der Waals surface area (Å²) in [7, 11) is 0. The average molecular weight is 211 g/mol. The molecule has 14 heavy (non-hydrogen) atoms. The zero-order valence-corrected chi connectivity index (χ0v) is 9.31. The lowest BCUT2D eigenvalue weighted by molar-refractivity contribution is -0.0328. The second-order valence-corrected chi connectivity index (χ2v) is 5.18. The van der Waals surface area contributed by atoms with E-state index in [0.717, 1.165) is 19.4 Å². The molecule has 0 bridgehead atoms. The number of thiophene rings is 1. The van der Waals surface area contributed by atoms with Gasteiger partial charge in [0.05, 0.1) is 5.60 Å². The summed E-state index contributed by atoms with van der Waals surface area (Å²) >= 11 is 1.76.